The highest BCUT2D eigenvalue weighted by Crippen LogP contribution is 2.23. The molecule has 8 nitrogen and oxygen atoms in total. The molecule has 0 saturated carbocycles. The third-order valence-corrected chi connectivity index (χ3v) is 7.61. The second kappa shape index (κ2) is 12.0. The fraction of sp³-hybridized carbons (Fsp3) is 0.286. The Kier molecular flexibility index (Phi) is 9.19. The van der Waals surface area contributed by atoms with Gasteiger partial charge in [-0.05, 0) is 80.8 Å². The Hall–Kier alpha value is -3.40. The topological polar surface area (TPSA) is 127 Å². The fourth-order valence-corrected chi connectivity index (χ4v) is 5.17. The molecule has 0 radical (unpaired) electrons. The van der Waals surface area contributed by atoms with Gasteiger partial charge >= 0.3 is 6.09 Å². The highest BCUT2D eigenvalue weighted by atomic mass is 35.5. The molecular weight excluding hydrogens is 528 g/mol. The van der Waals surface area contributed by atoms with Gasteiger partial charge in [0.25, 0.3) is 0 Å². The molecular formula is C28H31ClN2O6S. The molecule has 3 rings (SSSR count). The van der Waals surface area contributed by atoms with Gasteiger partial charge in [0, 0.05) is 17.1 Å². The maximum atomic E-state index is 13.0. The van der Waals surface area contributed by atoms with Crippen LogP contribution in [0.1, 0.15) is 48.4 Å². The Morgan fingerprint density at radius 2 is 1.66 bits per heavy atom. The van der Waals surface area contributed by atoms with E-state index < -0.39 is 33.5 Å². The monoisotopic (exact) mass is 558 g/mol. The van der Waals surface area contributed by atoms with E-state index in [4.69, 9.17) is 22.1 Å². The lowest BCUT2D eigenvalue weighted by Gasteiger charge is -2.29. The van der Waals surface area contributed by atoms with Gasteiger partial charge in [-0.2, -0.15) is 0 Å². The minimum atomic E-state index is -3.86. The van der Waals surface area contributed by atoms with Crippen LogP contribution in [0.25, 0.3) is 0 Å². The molecule has 0 saturated heterocycles. The van der Waals surface area contributed by atoms with E-state index in [1.807, 2.05) is 0 Å². The van der Waals surface area contributed by atoms with Crippen LogP contribution in [0.2, 0.25) is 5.02 Å². The normalized spacial score (nSPS) is 12.6. The predicted octanol–water partition coefficient (Wildman–Crippen LogP) is 4.78. The summed E-state index contributed by atoms with van der Waals surface area (Å²) in [5, 5.41) is 11.2. The van der Waals surface area contributed by atoms with Crippen molar-refractivity contribution in [2.45, 2.75) is 48.7 Å². The third kappa shape index (κ3) is 7.80. The summed E-state index contributed by atoms with van der Waals surface area (Å²) in [6, 6.07) is 18.6. The molecule has 0 unspecified atom stereocenters. The van der Waals surface area contributed by atoms with E-state index in [0.29, 0.717) is 17.0 Å². The van der Waals surface area contributed by atoms with Crippen LogP contribution in [0.3, 0.4) is 0 Å². The van der Waals surface area contributed by atoms with Crippen LogP contribution < -0.4 is 5.73 Å². The average molecular weight is 559 g/mol. The summed E-state index contributed by atoms with van der Waals surface area (Å²) in [5.74, 6) is -0.715. The molecule has 2 amide bonds. The number of primary amides is 1. The number of aliphatic hydroxyl groups excluding tert-OH is 1. The number of hydrogen-bond donors (Lipinski definition) is 2. The number of carbonyl (C=O) groups is 2. The van der Waals surface area contributed by atoms with Crippen molar-refractivity contribution in [3.05, 3.63) is 94.5 Å². The van der Waals surface area contributed by atoms with Crippen molar-refractivity contribution >= 4 is 33.4 Å². The molecule has 0 fully saturated rings. The molecule has 1 atom stereocenters. The smallest absolute Gasteiger partial charge is 0.410 e. The lowest BCUT2D eigenvalue weighted by Crippen LogP contribution is -2.40. The van der Waals surface area contributed by atoms with Crippen molar-refractivity contribution in [3.63, 3.8) is 0 Å². The zero-order valence-electron chi connectivity index (χ0n) is 21.4. The highest BCUT2D eigenvalue weighted by Gasteiger charge is 2.25. The van der Waals surface area contributed by atoms with Crippen molar-refractivity contribution in [3.8, 4) is 0 Å². The molecule has 0 heterocycles. The van der Waals surface area contributed by atoms with E-state index in [0.717, 1.165) is 5.56 Å². The Bertz CT molecular complexity index is 1400. The number of amides is 2. The lowest BCUT2D eigenvalue weighted by atomic mass is 10.1. The number of hydrogen-bond acceptors (Lipinski definition) is 6. The number of sulfone groups is 1. The largest absolute Gasteiger partial charge is 0.444 e. The number of halogens is 1. The molecule has 0 aliphatic carbocycles. The van der Waals surface area contributed by atoms with Crippen LogP contribution in [-0.2, 0) is 21.0 Å². The molecule has 0 aromatic heterocycles. The minimum absolute atomic E-state index is 0.0160. The standard InChI is InChI=1S/C28H31ClN2O6S/c1-28(2,3)37-27(34)31(18-25(32)20-6-4-8-22(29)16-20)15-14-19-10-12-23(13-11-19)38(35,36)24-9-5-7-21(17-24)26(30)33/h4-13,16-17,25,32H,14-15,18H2,1-3H3,(H2,30,33)/t25-/m1/s1. The summed E-state index contributed by atoms with van der Waals surface area (Å²) in [4.78, 5) is 25.8. The number of rotatable bonds is 9. The van der Waals surface area contributed by atoms with Gasteiger partial charge in [0.1, 0.15) is 5.60 Å². The number of carbonyl (C=O) groups excluding carboxylic acids is 2. The van der Waals surface area contributed by atoms with Gasteiger partial charge in [-0.1, -0.05) is 41.9 Å². The Morgan fingerprint density at radius 3 is 2.26 bits per heavy atom. The van der Waals surface area contributed by atoms with Gasteiger partial charge in [0.05, 0.1) is 22.4 Å². The number of benzene rings is 3. The molecule has 3 N–H and O–H groups in total. The van der Waals surface area contributed by atoms with Gasteiger partial charge in [0.2, 0.25) is 15.7 Å². The first-order valence-electron chi connectivity index (χ1n) is 11.9. The Morgan fingerprint density at radius 1 is 1.00 bits per heavy atom. The molecule has 3 aromatic rings. The molecule has 0 aliphatic rings. The van der Waals surface area contributed by atoms with Crippen LogP contribution in [0.5, 0.6) is 0 Å². The highest BCUT2D eigenvalue weighted by molar-refractivity contribution is 7.91. The molecule has 0 bridgehead atoms. The second-order valence-corrected chi connectivity index (χ2v) is 12.2. The summed E-state index contributed by atoms with van der Waals surface area (Å²) in [6.45, 7) is 5.48. The van der Waals surface area contributed by atoms with Gasteiger partial charge in [-0.15, -0.1) is 0 Å². The van der Waals surface area contributed by atoms with E-state index in [2.05, 4.69) is 0 Å². The van der Waals surface area contributed by atoms with Crippen molar-refractivity contribution in [2.75, 3.05) is 13.1 Å². The first-order valence-corrected chi connectivity index (χ1v) is 13.8. The molecule has 0 aliphatic heterocycles. The predicted molar refractivity (Wildman–Crippen MR) is 145 cm³/mol. The van der Waals surface area contributed by atoms with E-state index in [9.17, 15) is 23.1 Å². The van der Waals surface area contributed by atoms with Gasteiger partial charge in [-0.3, -0.25) is 4.79 Å². The van der Waals surface area contributed by atoms with Gasteiger partial charge in [0.15, 0.2) is 0 Å². The summed E-state index contributed by atoms with van der Waals surface area (Å²) in [5.41, 5.74) is 6.00. The average Bonchev–Trinajstić information content (AvgIpc) is 2.85. The number of aliphatic hydroxyl groups is 1. The van der Waals surface area contributed by atoms with E-state index >= 15 is 0 Å². The first kappa shape index (κ1) is 29.2. The summed E-state index contributed by atoms with van der Waals surface area (Å²) in [6.07, 6.45) is -1.17. The van der Waals surface area contributed by atoms with Crippen molar-refractivity contribution in [2.24, 2.45) is 5.73 Å². The van der Waals surface area contributed by atoms with Gasteiger partial charge < -0.3 is 20.5 Å². The Balaban J connectivity index is 1.75. The molecule has 0 spiro atoms. The summed E-state index contributed by atoms with van der Waals surface area (Å²) in [7, 11) is -3.86. The number of nitrogens with two attached hydrogens (primary N) is 1. The summed E-state index contributed by atoms with van der Waals surface area (Å²) >= 11 is 6.04. The zero-order chi connectivity index (χ0) is 28.1. The van der Waals surface area contributed by atoms with Crippen LogP contribution in [0.15, 0.2) is 82.6 Å². The van der Waals surface area contributed by atoms with Crippen molar-refractivity contribution in [1.82, 2.24) is 4.90 Å². The third-order valence-electron chi connectivity index (χ3n) is 5.61. The molecule has 3 aromatic carbocycles. The zero-order valence-corrected chi connectivity index (χ0v) is 23.0. The molecule has 202 valence electrons. The van der Waals surface area contributed by atoms with Crippen molar-refractivity contribution in [1.29, 1.82) is 0 Å². The van der Waals surface area contributed by atoms with Crippen LogP contribution in [-0.4, -0.2) is 49.1 Å². The van der Waals surface area contributed by atoms with E-state index in [1.165, 1.54) is 41.3 Å². The van der Waals surface area contributed by atoms with Crippen LogP contribution in [0, 0.1) is 0 Å². The van der Waals surface area contributed by atoms with Crippen molar-refractivity contribution < 1.29 is 27.9 Å². The maximum Gasteiger partial charge on any atom is 0.410 e. The van der Waals surface area contributed by atoms with E-state index in [-0.39, 0.29) is 28.4 Å². The lowest BCUT2D eigenvalue weighted by molar-refractivity contribution is 0.0147. The van der Waals surface area contributed by atoms with Gasteiger partial charge in [-0.25, -0.2) is 13.2 Å². The molecule has 38 heavy (non-hydrogen) atoms. The quantitative estimate of drug-likeness (QED) is 0.389. The minimum Gasteiger partial charge on any atom is -0.444 e. The fourth-order valence-electron chi connectivity index (χ4n) is 3.66. The van der Waals surface area contributed by atoms with Crippen LogP contribution in [0.4, 0.5) is 4.79 Å². The molecule has 10 heteroatoms. The van der Waals surface area contributed by atoms with E-state index in [1.54, 1.807) is 57.2 Å². The summed E-state index contributed by atoms with van der Waals surface area (Å²) < 4.78 is 31.6. The maximum absolute atomic E-state index is 13.0. The number of ether oxygens (including phenoxy) is 1. The first-order chi connectivity index (χ1) is 17.8. The second-order valence-electron chi connectivity index (χ2n) is 9.79. The Labute approximate surface area is 227 Å². The number of nitrogens with zero attached hydrogens (tertiary/aromatic N) is 1. The SMILES string of the molecule is CC(C)(C)OC(=O)N(CCc1ccc(S(=O)(=O)c2cccc(C(N)=O)c2)cc1)C[C@@H](O)c1cccc(Cl)c1. The van der Waals surface area contributed by atoms with Crippen LogP contribution >= 0.6 is 11.6 Å².